The summed E-state index contributed by atoms with van der Waals surface area (Å²) in [5, 5.41) is 0. The van der Waals surface area contributed by atoms with Crippen molar-refractivity contribution in [2.45, 2.75) is 84.2 Å². The van der Waals surface area contributed by atoms with Gasteiger partial charge in [-0.2, -0.15) is 0 Å². The normalized spacial score (nSPS) is 55.0. The van der Waals surface area contributed by atoms with Gasteiger partial charge in [-0.05, 0) is 99.2 Å². The lowest BCUT2D eigenvalue weighted by atomic mass is 9.64. The number of ether oxygens (including phenoxy) is 1. The first-order chi connectivity index (χ1) is 10.6. The minimum Gasteiger partial charge on any atom is -0.375 e. The minimum atomic E-state index is 0.264. The fourth-order valence-corrected chi connectivity index (χ4v) is 6.76. The van der Waals surface area contributed by atoms with Crippen LogP contribution >= 0.6 is 0 Å². The van der Waals surface area contributed by atoms with Crippen molar-refractivity contribution >= 4 is 0 Å². The molecule has 2 bridgehead atoms. The Morgan fingerprint density at radius 2 is 1.64 bits per heavy atom. The molecular formula is C21H36O. The Hall–Kier alpha value is -0.0400. The SMILES string of the molecule is CC1CCC2(CC1)OCCC(CC1CC3CC1C[C@H]3C)[C@@H]2C. The summed E-state index contributed by atoms with van der Waals surface area (Å²) in [4.78, 5) is 0. The molecule has 1 heterocycles. The van der Waals surface area contributed by atoms with Gasteiger partial charge in [-0.1, -0.05) is 20.8 Å². The van der Waals surface area contributed by atoms with Gasteiger partial charge in [-0.3, -0.25) is 0 Å². The molecule has 1 saturated heterocycles. The molecule has 4 rings (SSSR count). The lowest BCUT2D eigenvalue weighted by Crippen LogP contribution is -2.50. The molecule has 1 nitrogen and oxygen atoms in total. The van der Waals surface area contributed by atoms with Crippen molar-refractivity contribution < 1.29 is 4.74 Å². The van der Waals surface area contributed by atoms with Crippen LogP contribution in [0.2, 0.25) is 0 Å². The first kappa shape index (κ1) is 15.5. The molecule has 1 heteroatoms. The van der Waals surface area contributed by atoms with Crippen molar-refractivity contribution in [3.05, 3.63) is 0 Å². The highest BCUT2D eigenvalue weighted by molar-refractivity contribution is 4.99. The zero-order valence-electron chi connectivity index (χ0n) is 15.0. The van der Waals surface area contributed by atoms with Crippen molar-refractivity contribution in [3.8, 4) is 0 Å². The zero-order valence-corrected chi connectivity index (χ0v) is 15.0. The van der Waals surface area contributed by atoms with Gasteiger partial charge < -0.3 is 4.74 Å². The molecule has 0 aromatic rings. The largest absolute Gasteiger partial charge is 0.375 e. The Balaban J connectivity index is 1.40. The highest BCUT2D eigenvalue weighted by atomic mass is 16.5. The van der Waals surface area contributed by atoms with Crippen LogP contribution in [-0.2, 0) is 4.74 Å². The smallest absolute Gasteiger partial charge is 0.0710 e. The van der Waals surface area contributed by atoms with Gasteiger partial charge in [0.25, 0.3) is 0 Å². The fourth-order valence-electron chi connectivity index (χ4n) is 6.76. The molecule has 0 aromatic heterocycles. The number of rotatable bonds is 2. The van der Waals surface area contributed by atoms with Gasteiger partial charge in [-0.15, -0.1) is 0 Å². The molecule has 3 aliphatic carbocycles. The monoisotopic (exact) mass is 304 g/mol. The number of hydrogen-bond acceptors (Lipinski definition) is 1. The van der Waals surface area contributed by atoms with E-state index in [0.29, 0.717) is 0 Å². The summed E-state index contributed by atoms with van der Waals surface area (Å²) in [5.41, 5.74) is 0.264. The zero-order chi connectivity index (χ0) is 15.3. The Morgan fingerprint density at radius 3 is 2.27 bits per heavy atom. The van der Waals surface area contributed by atoms with Gasteiger partial charge in [0.05, 0.1) is 5.60 Å². The molecule has 1 aliphatic heterocycles. The quantitative estimate of drug-likeness (QED) is 0.637. The average molecular weight is 305 g/mol. The summed E-state index contributed by atoms with van der Waals surface area (Å²) in [6, 6.07) is 0. The summed E-state index contributed by atoms with van der Waals surface area (Å²) in [6.45, 7) is 8.50. The second-order valence-corrected chi connectivity index (χ2v) is 9.63. The van der Waals surface area contributed by atoms with Gasteiger partial charge in [0, 0.05) is 6.61 Å². The molecule has 4 unspecified atom stereocenters. The molecule has 126 valence electrons. The molecule has 22 heavy (non-hydrogen) atoms. The molecule has 1 spiro atoms. The third-order valence-electron chi connectivity index (χ3n) is 8.50. The van der Waals surface area contributed by atoms with Crippen LogP contribution in [-0.4, -0.2) is 12.2 Å². The summed E-state index contributed by atoms with van der Waals surface area (Å²) < 4.78 is 6.44. The topological polar surface area (TPSA) is 9.23 Å². The predicted molar refractivity (Wildman–Crippen MR) is 91.7 cm³/mol. The minimum absolute atomic E-state index is 0.264. The first-order valence-electron chi connectivity index (χ1n) is 10.2. The van der Waals surface area contributed by atoms with Gasteiger partial charge in [0.1, 0.15) is 0 Å². The van der Waals surface area contributed by atoms with Gasteiger partial charge in [0.2, 0.25) is 0 Å². The molecule has 0 radical (unpaired) electrons. The lowest BCUT2D eigenvalue weighted by molar-refractivity contribution is -0.162. The third kappa shape index (κ3) is 2.56. The highest BCUT2D eigenvalue weighted by Crippen LogP contribution is 2.55. The predicted octanol–water partition coefficient (Wildman–Crippen LogP) is 5.68. The van der Waals surface area contributed by atoms with Crippen LogP contribution in [0.3, 0.4) is 0 Å². The van der Waals surface area contributed by atoms with Crippen LogP contribution < -0.4 is 0 Å². The van der Waals surface area contributed by atoms with E-state index in [0.717, 1.165) is 48.0 Å². The molecule has 0 aromatic carbocycles. The van der Waals surface area contributed by atoms with E-state index >= 15 is 0 Å². The van der Waals surface area contributed by atoms with E-state index in [1.807, 2.05) is 0 Å². The van der Waals surface area contributed by atoms with Crippen molar-refractivity contribution in [1.82, 2.24) is 0 Å². The Labute approximate surface area is 137 Å². The maximum absolute atomic E-state index is 6.44. The van der Waals surface area contributed by atoms with Crippen LogP contribution in [0.15, 0.2) is 0 Å². The fraction of sp³-hybridized carbons (Fsp3) is 1.00. The Bertz CT molecular complexity index is 393. The number of fused-ring (bicyclic) bond motifs is 2. The molecular weight excluding hydrogens is 268 g/mol. The van der Waals surface area contributed by atoms with Crippen molar-refractivity contribution in [3.63, 3.8) is 0 Å². The first-order valence-corrected chi connectivity index (χ1v) is 10.2. The van der Waals surface area contributed by atoms with Gasteiger partial charge >= 0.3 is 0 Å². The van der Waals surface area contributed by atoms with Crippen LogP contribution in [0.4, 0.5) is 0 Å². The van der Waals surface area contributed by atoms with Gasteiger partial charge in [0.15, 0.2) is 0 Å². The second kappa shape index (κ2) is 5.80. The Kier molecular flexibility index (Phi) is 4.08. The van der Waals surface area contributed by atoms with E-state index in [-0.39, 0.29) is 5.60 Å². The maximum atomic E-state index is 6.44. The van der Waals surface area contributed by atoms with E-state index in [2.05, 4.69) is 20.8 Å². The molecule has 3 saturated carbocycles. The number of hydrogen-bond donors (Lipinski definition) is 0. The van der Waals surface area contributed by atoms with E-state index in [1.54, 1.807) is 12.8 Å². The molecule has 0 N–H and O–H groups in total. The van der Waals surface area contributed by atoms with E-state index in [1.165, 1.54) is 44.9 Å². The third-order valence-corrected chi connectivity index (χ3v) is 8.50. The summed E-state index contributed by atoms with van der Waals surface area (Å²) in [7, 11) is 0. The standard InChI is InChI=1S/C21H36O/c1-14-4-7-21(8-5-14)16(3)17(6-9-22-21)11-20-13-18-12-19(20)10-15(18)2/h14-20H,4-13H2,1-3H3/t14?,15-,16+,17?,18?,19?,20?,21?/m1/s1. The summed E-state index contributed by atoms with van der Waals surface area (Å²) in [6.07, 6.45) is 13.0. The van der Waals surface area contributed by atoms with Crippen LogP contribution in [0.1, 0.15) is 78.6 Å². The molecule has 0 amide bonds. The van der Waals surface area contributed by atoms with Crippen LogP contribution in [0.5, 0.6) is 0 Å². The highest BCUT2D eigenvalue weighted by Gasteiger charge is 2.49. The maximum Gasteiger partial charge on any atom is 0.0710 e. The van der Waals surface area contributed by atoms with Crippen molar-refractivity contribution in [1.29, 1.82) is 0 Å². The Morgan fingerprint density at radius 1 is 0.864 bits per heavy atom. The van der Waals surface area contributed by atoms with Gasteiger partial charge in [-0.25, -0.2) is 0 Å². The molecule has 6 atom stereocenters. The van der Waals surface area contributed by atoms with E-state index < -0.39 is 0 Å². The molecule has 4 fully saturated rings. The van der Waals surface area contributed by atoms with E-state index in [4.69, 9.17) is 4.74 Å². The summed E-state index contributed by atoms with van der Waals surface area (Å²) in [5.74, 6) is 6.92. The van der Waals surface area contributed by atoms with Crippen molar-refractivity contribution in [2.75, 3.05) is 6.61 Å². The lowest BCUT2D eigenvalue weighted by Gasteiger charge is -2.50. The second-order valence-electron chi connectivity index (χ2n) is 9.63. The van der Waals surface area contributed by atoms with E-state index in [9.17, 15) is 0 Å². The van der Waals surface area contributed by atoms with Crippen LogP contribution in [0, 0.1) is 41.4 Å². The average Bonchev–Trinajstić information content (AvgIpc) is 3.06. The van der Waals surface area contributed by atoms with Crippen LogP contribution in [0.25, 0.3) is 0 Å². The molecule has 4 aliphatic rings. The van der Waals surface area contributed by atoms with Crippen molar-refractivity contribution in [2.24, 2.45) is 41.4 Å². The summed E-state index contributed by atoms with van der Waals surface area (Å²) >= 11 is 0.